The Morgan fingerprint density at radius 1 is 0.725 bits per heavy atom. The van der Waals surface area contributed by atoms with Crippen molar-refractivity contribution in [3.63, 3.8) is 0 Å². The summed E-state index contributed by atoms with van der Waals surface area (Å²) in [6.07, 6.45) is 1.20. The number of hydroxylamine groups is 3. The van der Waals surface area contributed by atoms with Crippen molar-refractivity contribution in [2.75, 3.05) is 13.1 Å². The van der Waals surface area contributed by atoms with Gasteiger partial charge in [0.25, 0.3) is 0 Å². The SMILES string of the molecule is Cc1cc(C)cc(CN(CCCC[N+]([O-])(Cc2ccccc2)Cc2ccccc2)S(=O)(=O)c2ccc(Br)cc2)c1. The average Bonchev–Trinajstić information content (AvgIpc) is 2.91. The second-order valence-corrected chi connectivity index (χ2v) is 13.4. The largest absolute Gasteiger partial charge is 0.632 e. The maximum atomic E-state index is 14.1. The summed E-state index contributed by atoms with van der Waals surface area (Å²) < 4.78 is 29.5. The lowest BCUT2D eigenvalue weighted by molar-refractivity contribution is -0.907. The molecule has 0 N–H and O–H groups in total. The summed E-state index contributed by atoms with van der Waals surface area (Å²) >= 11 is 3.40. The Balaban J connectivity index is 1.50. The van der Waals surface area contributed by atoms with E-state index in [9.17, 15) is 13.6 Å². The first-order chi connectivity index (χ1) is 19.1. The van der Waals surface area contributed by atoms with E-state index in [1.807, 2.05) is 86.6 Å². The van der Waals surface area contributed by atoms with Gasteiger partial charge in [-0.25, -0.2) is 8.42 Å². The Morgan fingerprint density at radius 3 is 1.77 bits per heavy atom. The second kappa shape index (κ2) is 13.7. The van der Waals surface area contributed by atoms with E-state index in [1.54, 1.807) is 28.6 Å². The molecule has 5 nitrogen and oxygen atoms in total. The van der Waals surface area contributed by atoms with Crippen LogP contribution in [0.25, 0.3) is 0 Å². The molecule has 0 aliphatic rings. The second-order valence-electron chi connectivity index (χ2n) is 10.6. The number of halogens is 1. The van der Waals surface area contributed by atoms with E-state index in [4.69, 9.17) is 0 Å². The molecule has 0 fully saturated rings. The van der Waals surface area contributed by atoms with Crippen molar-refractivity contribution in [3.8, 4) is 0 Å². The number of hydrogen-bond acceptors (Lipinski definition) is 3. The Labute approximate surface area is 247 Å². The molecule has 0 spiro atoms. The molecule has 0 aromatic heterocycles. The molecule has 210 valence electrons. The molecular weight excluding hydrogens is 584 g/mol. The van der Waals surface area contributed by atoms with Gasteiger partial charge in [0, 0.05) is 28.7 Å². The van der Waals surface area contributed by atoms with Crippen LogP contribution in [-0.4, -0.2) is 30.5 Å². The lowest BCUT2D eigenvalue weighted by Crippen LogP contribution is -2.41. The van der Waals surface area contributed by atoms with E-state index in [-0.39, 0.29) is 16.1 Å². The number of benzene rings is 4. The smallest absolute Gasteiger partial charge is 0.243 e. The van der Waals surface area contributed by atoms with Crippen LogP contribution in [0, 0.1) is 19.1 Å². The zero-order valence-electron chi connectivity index (χ0n) is 23.2. The van der Waals surface area contributed by atoms with Crippen LogP contribution < -0.4 is 0 Å². The van der Waals surface area contributed by atoms with E-state index in [2.05, 4.69) is 22.0 Å². The molecule has 0 radical (unpaired) electrons. The fraction of sp³-hybridized carbons (Fsp3) is 0.273. The van der Waals surface area contributed by atoms with E-state index >= 15 is 0 Å². The highest BCUT2D eigenvalue weighted by molar-refractivity contribution is 9.10. The summed E-state index contributed by atoms with van der Waals surface area (Å²) in [5.41, 5.74) is 5.17. The zero-order chi connectivity index (χ0) is 28.6. The minimum Gasteiger partial charge on any atom is -0.632 e. The molecule has 0 unspecified atom stereocenters. The first kappa shape index (κ1) is 30.2. The number of sulfonamides is 1. The number of hydrogen-bond donors (Lipinski definition) is 0. The van der Waals surface area contributed by atoms with Crippen LogP contribution in [0.3, 0.4) is 0 Å². The Hall–Kier alpha value is -2.81. The summed E-state index contributed by atoms with van der Waals surface area (Å²) in [5.74, 6) is 0. The number of rotatable bonds is 13. The van der Waals surface area contributed by atoms with Gasteiger partial charge in [0.05, 0.1) is 11.4 Å². The maximum Gasteiger partial charge on any atom is 0.243 e. The minimum atomic E-state index is -3.73. The van der Waals surface area contributed by atoms with Crippen molar-refractivity contribution in [1.29, 1.82) is 0 Å². The molecule has 0 atom stereocenters. The number of unbranched alkanes of at least 4 members (excludes halogenated alkanes) is 1. The fourth-order valence-corrected chi connectivity index (χ4v) is 6.87. The van der Waals surface area contributed by atoms with Crippen LogP contribution >= 0.6 is 15.9 Å². The molecule has 0 bridgehead atoms. The van der Waals surface area contributed by atoms with E-state index < -0.39 is 10.0 Å². The highest BCUT2D eigenvalue weighted by atomic mass is 79.9. The normalized spacial score (nSPS) is 12.1. The third kappa shape index (κ3) is 8.59. The molecule has 4 aromatic carbocycles. The van der Waals surface area contributed by atoms with Gasteiger partial charge in [-0.1, -0.05) is 106 Å². The van der Waals surface area contributed by atoms with E-state index in [0.29, 0.717) is 39.0 Å². The zero-order valence-corrected chi connectivity index (χ0v) is 25.6. The van der Waals surface area contributed by atoms with Gasteiger partial charge in [-0.05, 0) is 56.5 Å². The summed E-state index contributed by atoms with van der Waals surface area (Å²) in [4.78, 5) is 0.266. The third-order valence-electron chi connectivity index (χ3n) is 6.94. The number of nitrogens with zero attached hydrogens (tertiary/aromatic N) is 2. The third-order valence-corrected chi connectivity index (χ3v) is 9.33. The lowest BCUT2D eigenvalue weighted by Gasteiger charge is -2.43. The predicted octanol–water partition coefficient (Wildman–Crippen LogP) is 7.75. The van der Waals surface area contributed by atoms with Gasteiger partial charge in [0.15, 0.2) is 0 Å². The van der Waals surface area contributed by atoms with Gasteiger partial charge in [-0.2, -0.15) is 4.31 Å². The van der Waals surface area contributed by atoms with Gasteiger partial charge in [0.2, 0.25) is 10.0 Å². The van der Waals surface area contributed by atoms with Crippen molar-refractivity contribution >= 4 is 26.0 Å². The fourth-order valence-electron chi connectivity index (χ4n) is 5.14. The topological polar surface area (TPSA) is 60.4 Å². The average molecular weight is 622 g/mol. The Bertz CT molecular complexity index is 1420. The minimum absolute atomic E-state index is 0.266. The van der Waals surface area contributed by atoms with Gasteiger partial charge in [-0.15, -0.1) is 0 Å². The lowest BCUT2D eigenvalue weighted by atomic mass is 10.1. The molecule has 0 saturated carbocycles. The molecule has 40 heavy (non-hydrogen) atoms. The first-order valence-electron chi connectivity index (χ1n) is 13.6. The highest BCUT2D eigenvalue weighted by Gasteiger charge is 2.25. The van der Waals surface area contributed by atoms with Crippen LogP contribution in [0.1, 0.15) is 40.7 Å². The van der Waals surface area contributed by atoms with Crippen LogP contribution in [0.4, 0.5) is 0 Å². The van der Waals surface area contributed by atoms with Crippen molar-refractivity contribution in [3.05, 3.63) is 141 Å². The molecule has 0 heterocycles. The first-order valence-corrected chi connectivity index (χ1v) is 15.8. The Kier molecular flexibility index (Phi) is 10.3. The molecule has 0 saturated heterocycles. The molecule has 0 aliphatic carbocycles. The van der Waals surface area contributed by atoms with Gasteiger partial charge in [0.1, 0.15) is 13.1 Å². The molecule has 4 aromatic rings. The molecular formula is C33H37BrN2O3S. The number of quaternary nitrogens is 1. The molecule has 0 aliphatic heterocycles. The van der Waals surface area contributed by atoms with Gasteiger partial charge in [-0.3, -0.25) is 0 Å². The van der Waals surface area contributed by atoms with Gasteiger partial charge < -0.3 is 9.85 Å². The van der Waals surface area contributed by atoms with Crippen LogP contribution in [0.2, 0.25) is 0 Å². The molecule has 4 rings (SSSR count). The van der Waals surface area contributed by atoms with Gasteiger partial charge >= 0.3 is 0 Å². The monoisotopic (exact) mass is 620 g/mol. The van der Waals surface area contributed by atoms with E-state index in [0.717, 1.165) is 32.3 Å². The molecule has 0 amide bonds. The van der Waals surface area contributed by atoms with Crippen molar-refractivity contribution in [2.45, 2.75) is 51.2 Å². The quantitative estimate of drug-likeness (QED) is 0.0872. The van der Waals surface area contributed by atoms with Crippen molar-refractivity contribution in [2.24, 2.45) is 0 Å². The number of aryl methyl sites for hydroxylation is 2. The maximum absolute atomic E-state index is 14.1. The summed E-state index contributed by atoms with van der Waals surface area (Å²) in [7, 11) is -3.73. The van der Waals surface area contributed by atoms with Crippen LogP contribution in [0.15, 0.2) is 112 Å². The highest BCUT2D eigenvalue weighted by Crippen LogP contribution is 2.24. The van der Waals surface area contributed by atoms with Crippen LogP contribution in [-0.2, 0) is 29.7 Å². The van der Waals surface area contributed by atoms with Crippen molar-refractivity contribution < 1.29 is 13.1 Å². The van der Waals surface area contributed by atoms with E-state index in [1.165, 1.54) is 0 Å². The molecule has 7 heteroatoms. The summed E-state index contributed by atoms with van der Waals surface area (Å²) in [6, 6.07) is 32.6. The predicted molar refractivity (Wildman–Crippen MR) is 166 cm³/mol. The standard InChI is InChI=1S/C33H37BrN2O3S/c1-27-21-28(2)23-31(22-27)24-35(40(38,39)33-17-15-32(34)16-18-33)19-9-10-20-36(37,25-29-11-5-3-6-12-29)26-30-13-7-4-8-14-30/h3-8,11-18,21-23H,9-10,19-20,24-26H2,1-2H3. The summed E-state index contributed by atoms with van der Waals surface area (Å²) in [6.45, 7) is 5.82. The Morgan fingerprint density at radius 2 is 1.25 bits per heavy atom. The summed E-state index contributed by atoms with van der Waals surface area (Å²) in [5, 5.41) is 14.1. The van der Waals surface area contributed by atoms with Crippen molar-refractivity contribution in [1.82, 2.24) is 4.31 Å². The van der Waals surface area contributed by atoms with Crippen LogP contribution in [0.5, 0.6) is 0 Å².